The standard InChI is InChI=1S/C16H16N2O/c1-12-3-8-16(14(9-12)10-17)19-15-6-4-13(5-7-15)11-18-2/h3-9,18H,11H2,1-2H3. The SMILES string of the molecule is CNCc1ccc(Oc2ccc(C)cc2C#N)cc1. The highest BCUT2D eigenvalue weighted by atomic mass is 16.5. The molecule has 3 nitrogen and oxygen atoms in total. The lowest BCUT2D eigenvalue weighted by Crippen LogP contribution is -2.04. The summed E-state index contributed by atoms with van der Waals surface area (Å²) < 4.78 is 5.75. The van der Waals surface area contributed by atoms with Crippen LogP contribution >= 0.6 is 0 Å². The van der Waals surface area contributed by atoms with Gasteiger partial charge in [-0.1, -0.05) is 18.2 Å². The fourth-order valence-electron chi connectivity index (χ4n) is 1.83. The third kappa shape index (κ3) is 3.34. The molecule has 0 aliphatic heterocycles. The van der Waals surface area contributed by atoms with Crippen LogP contribution in [0, 0.1) is 18.3 Å². The highest BCUT2D eigenvalue weighted by molar-refractivity contribution is 5.47. The van der Waals surface area contributed by atoms with Crippen molar-refractivity contribution in [3.8, 4) is 17.6 Å². The van der Waals surface area contributed by atoms with Gasteiger partial charge in [0.15, 0.2) is 0 Å². The minimum Gasteiger partial charge on any atom is -0.456 e. The first-order valence-electron chi connectivity index (χ1n) is 6.15. The van der Waals surface area contributed by atoms with E-state index in [1.165, 1.54) is 5.56 Å². The number of nitriles is 1. The molecule has 0 amide bonds. The number of ether oxygens (including phenoxy) is 1. The van der Waals surface area contributed by atoms with E-state index < -0.39 is 0 Å². The number of hydrogen-bond acceptors (Lipinski definition) is 3. The third-order valence-electron chi connectivity index (χ3n) is 2.79. The molecule has 2 aromatic carbocycles. The van der Waals surface area contributed by atoms with E-state index in [0.29, 0.717) is 11.3 Å². The van der Waals surface area contributed by atoms with Crippen molar-refractivity contribution in [2.45, 2.75) is 13.5 Å². The summed E-state index contributed by atoms with van der Waals surface area (Å²) in [6, 6.07) is 15.6. The van der Waals surface area contributed by atoms with Crippen molar-refractivity contribution in [1.29, 1.82) is 5.26 Å². The van der Waals surface area contributed by atoms with Crippen LogP contribution in [0.15, 0.2) is 42.5 Å². The van der Waals surface area contributed by atoms with Crippen LogP contribution in [0.1, 0.15) is 16.7 Å². The van der Waals surface area contributed by atoms with Gasteiger partial charge >= 0.3 is 0 Å². The Bertz CT molecular complexity index is 597. The van der Waals surface area contributed by atoms with Crippen LogP contribution in [-0.4, -0.2) is 7.05 Å². The average Bonchev–Trinajstić information content (AvgIpc) is 2.43. The van der Waals surface area contributed by atoms with Crippen LogP contribution in [-0.2, 0) is 6.54 Å². The topological polar surface area (TPSA) is 45.0 Å². The lowest BCUT2D eigenvalue weighted by atomic mass is 10.1. The summed E-state index contributed by atoms with van der Waals surface area (Å²) in [5.41, 5.74) is 2.80. The number of hydrogen-bond donors (Lipinski definition) is 1. The fraction of sp³-hybridized carbons (Fsp3) is 0.188. The highest BCUT2D eigenvalue weighted by Gasteiger charge is 2.04. The van der Waals surface area contributed by atoms with Gasteiger partial charge in [0, 0.05) is 6.54 Å². The van der Waals surface area contributed by atoms with Crippen molar-refractivity contribution in [1.82, 2.24) is 5.32 Å². The Morgan fingerprint density at radius 2 is 1.89 bits per heavy atom. The Morgan fingerprint density at radius 1 is 1.16 bits per heavy atom. The summed E-state index contributed by atoms with van der Waals surface area (Å²) in [4.78, 5) is 0. The van der Waals surface area contributed by atoms with Crippen LogP contribution in [0.2, 0.25) is 0 Å². The van der Waals surface area contributed by atoms with E-state index >= 15 is 0 Å². The molecule has 0 heterocycles. The molecule has 1 N–H and O–H groups in total. The fourth-order valence-corrected chi connectivity index (χ4v) is 1.83. The van der Waals surface area contributed by atoms with E-state index in [-0.39, 0.29) is 0 Å². The van der Waals surface area contributed by atoms with Gasteiger partial charge in [0.05, 0.1) is 5.56 Å². The average molecular weight is 252 g/mol. The van der Waals surface area contributed by atoms with Crippen LogP contribution in [0.5, 0.6) is 11.5 Å². The van der Waals surface area contributed by atoms with Gasteiger partial charge in [0.25, 0.3) is 0 Å². The summed E-state index contributed by atoms with van der Waals surface area (Å²) in [6.45, 7) is 2.78. The Hall–Kier alpha value is -2.31. The van der Waals surface area contributed by atoms with Crippen molar-refractivity contribution in [2.75, 3.05) is 7.05 Å². The van der Waals surface area contributed by atoms with Crippen LogP contribution in [0.4, 0.5) is 0 Å². The largest absolute Gasteiger partial charge is 0.456 e. The molecule has 2 rings (SSSR count). The van der Waals surface area contributed by atoms with Gasteiger partial charge < -0.3 is 10.1 Å². The lowest BCUT2D eigenvalue weighted by Gasteiger charge is -2.08. The van der Waals surface area contributed by atoms with Gasteiger partial charge in [-0.3, -0.25) is 0 Å². The molecular weight excluding hydrogens is 236 g/mol. The summed E-state index contributed by atoms with van der Waals surface area (Å²) in [5, 5.41) is 12.2. The second kappa shape index (κ2) is 6.03. The predicted octanol–water partition coefficient (Wildman–Crippen LogP) is 3.38. The molecule has 0 aliphatic rings. The summed E-state index contributed by atoms with van der Waals surface area (Å²) in [6.07, 6.45) is 0. The zero-order valence-corrected chi connectivity index (χ0v) is 11.1. The van der Waals surface area contributed by atoms with E-state index in [4.69, 9.17) is 10.00 Å². The van der Waals surface area contributed by atoms with Crippen molar-refractivity contribution in [3.05, 3.63) is 59.2 Å². The maximum Gasteiger partial charge on any atom is 0.145 e. The molecule has 0 saturated carbocycles. The zero-order valence-electron chi connectivity index (χ0n) is 11.1. The Morgan fingerprint density at radius 3 is 2.53 bits per heavy atom. The van der Waals surface area contributed by atoms with Crippen molar-refractivity contribution in [3.63, 3.8) is 0 Å². The van der Waals surface area contributed by atoms with E-state index in [9.17, 15) is 0 Å². The van der Waals surface area contributed by atoms with Gasteiger partial charge in [0.2, 0.25) is 0 Å². The van der Waals surface area contributed by atoms with Crippen molar-refractivity contribution >= 4 is 0 Å². The van der Waals surface area contributed by atoms with Gasteiger partial charge in [-0.15, -0.1) is 0 Å². The molecule has 0 aliphatic carbocycles. The molecule has 0 fully saturated rings. The second-order valence-corrected chi connectivity index (χ2v) is 4.39. The maximum absolute atomic E-state index is 9.10. The Labute approximate surface area is 113 Å². The molecule has 2 aromatic rings. The summed E-state index contributed by atoms with van der Waals surface area (Å²) in [7, 11) is 1.91. The summed E-state index contributed by atoms with van der Waals surface area (Å²) >= 11 is 0. The van der Waals surface area contributed by atoms with E-state index in [1.54, 1.807) is 0 Å². The monoisotopic (exact) mass is 252 g/mol. The van der Waals surface area contributed by atoms with Crippen LogP contribution in [0.25, 0.3) is 0 Å². The first-order chi connectivity index (χ1) is 9.22. The smallest absolute Gasteiger partial charge is 0.145 e. The van der Waals surface area contributed by atoms with Crippen molar-refractivity contribution < 1.29 is 4.74 Å². The van der Waals surface area contributed by atoms with Crippen LogP contribution < -0.4 is 10.1 Å². The zero-order chi connectivity index (χ0) is 13.7. The van der Waals surface area contributed by atoms with E-state index in [1.807, 2.05) is 56.4 Å². The molecule has 0 saturated heterocycles. The predicted molar refractivity (Wildman–Crippen MR) is 75.2 cm³/mol. The molecule has 19 heavy (non-hydrogen) atoms. The van der Waals surface area contributed by atoms with E-state index in [2.05, 4.69) is 11.4 Å². The number of aryl methyl sites for hydroxylation is 1. The normalized spacial score (nSPS) is 9.95. The molecule has 0 aromatic heterocycles. The van der Waals surface area contributed by atoms with Gasteiger partial charge in [-0.2, -0.15) is 5.26 Å². The summed E-state index contributed by atoms with van der Waals surface area (Å²) in [5.74, 6) is 1.33. The number of rotatable bonds is 4. The third-order valence-corrected chi connectivity index (χ3v) is 2.79. The van der Waals surface area contributed by atoms with E-state index in [0.717, 1.165) is 17.9 Å². The number of benzene rings is 2. The molecule has 0 atom stereocenters. The maximum atomic E-state index is 9.10. The van der Waals surface area contributed by atoms with Crippen molar-refractivity contribution in [2.24, 2.45) is 0 Å². The molecule has 96 valence electrons. The number of nitrogens with one attached hydrogen (secondary N) is 1. The highest BCUT2D eigenvalue weighted by Crippen LogP contribution is 2.25. The van der Waals surface area contributed by atoms with Gasteiger partial charge in [0.1, 0.15) is 17.6 Å². The van der Waals surface area contributed by atoms with Gasteiger partial charge in [-0.05, 0) is 49.4 Å². The molecule has 0 bridgehead atoms. The Kier molecular flexibility index (Phi) is 4.17. The molecular formula is C16H16N2O. The molecule has 0 radical (unpaired) electrons. The molecule has 0 spiro atoms. The van der Waals surface area contributed by atoms with Gasteiger partial charge in [-0.25, -0.2) is 0 Å². The molecule has 0 unspecified atom stereocenters. The minimum atomic E-state index is 0.555. The second-order valence-electron chi connectivity index (χ2n) is 4.39. The Balaban J connectivity index is 2.19. The number of nitrogens with zero attached hydrogens (tertiary/aromatic N) is 1. The minimum absolute atomic E-state index is 0.555. The first kappa shape index (κ1) is 13.1. The molecule has 3 heteroatoms. The quantitative estimate of drug-likeness (QED) is 0.907. The first-order valence-corrected chi connectivity index (χ1v) is 6.15. The lowest BCUT2D eigenvalue weighted by molar-refractivity contribution is 0.480. The van der Waals surface area contributed by atoms with Crippen LogP contribution in [0.3, 0.4) is 0 Å².